The van der Waals surface area contributed by atoms with Gasteiger partial charge in [-0.05, 0) is 44.0 Å². The maximum absolute atomic E-state index is 11.5. The van der Waals surface area contributed by atoms with Crippen LogP contribution in [-0.2, 0) is 21.1 Å². The largest absolute Gasteiger partial charge is 0.493 e. The first-order valence-electron chi connectivity index (χ1n) is 7.80. The summed E-state index contributed by atoms with van der Waals surface area (Å²) < 4.78 is 32.9. The third kappa shape index (κ3) is 8.95. The van der Waals surface area contributed by atoms with Gasteiger partial charge in [-0.25, -0.2) is 8.42 Å². The van der Waals surface area contributed by atoms with Gasteiger partial charge in [-0.1, -0.05) is 11.6 Å². The van der Waals surface area contributed by atoms with Gasteiger partial charge in [-0.15, -0.1) is 0 Å². The Kier molecular flexibility index (Phi) is 8.21. The summed E-state index contributed by atoms with van der Waals surface area (Å²) in [5.41, 5.74) is 2.15. The Morgan fingerprint density at radius 2 is 1.96 bits per heavy atom. The number of sulfone groups is 1. The van der Waals surface area contributed by atoms with Gasteiger partial charge in [0, 0.05) is 24.3 Å². The number of carbonyl (C=O) groups excluding carboxylic acids is 1. The summed E-state index contributed by atoms with van der Waals surface area (Å²) in [7, 11) is -1.73. The lowest BCUT2D eigenvalue weighted by atomic mass is 10.1. The van der Waals surface area contributed by atoms with Crippen molar-refractivity contribution >= 4 is 15.7 Å². The molecule has 0 fully saturated rings. The van der Waals surface area contributed by atoms with Crippen molar-refractivity contribution < 1.29 is 22.7 Å². The maximum atomic E-state index is 11.5. The third-order valence-electron chi connectivity index (χ3n) is 3.14. The summed E-state index contributed by atoms with van der Waals surface area (Å²) in [6.07, 6.45) is 4.61. The monoisotopic (exact) mass is 367 g/mol. The topological polar surface area (TPSA) is 81.7 Å². The van der Waals surface area contributed by atoms with Gasteiger partial charge >= 0.3 is 0 Å². The summed E-state index contributed by atoms with van der Waals surface area (Å²) in [5.74, 6) is 0.839. The van der Waals surface area contributed by atoms with Crippen LogP contribution >= 0.6 is 0 Å². The molecule has 7 heteroatoms. The predicted molar refractivity (Wildman–Crippen MR) is 98.6 cm³/mol. The molecular formula is C18H25NO5S. The van der Waals surface area contributed by atoms with Crippen LogP contribution in [0.3, 0.4) is 0 Å². The standard InChI is InChI=1S/C18H25NO5S/c1-14(2)8-11-24-16-6-5-15(13-17(16)23-3)7-10-19-18(20)9-12-25(4,21)22/h5-6,8-9,12-13H,7,10-11H2,1-4H3,(H,19,20)/b12-9+. The van der Waals surface area contributed by atoms with Crippen molar-refractivity contribution in [2.75, 3.05) is 26.5 Å². The molecule has 1 amide bonds. The van der Waals surface area contributed by atoms with Crippen LogP contribution in [0.15, 0.2) is 41.3 Å². The van der Waals surface area contributed by atoms with Gasteiger partial charge in [-0.3, -0.25) is 4.79 Å². The SMILES string of the molecule is COc1cc(CCNC(=O)/C=C/S(C)(=O)=O)ccc1OCC=C(C)C. The van der Waals surface area contributed by atoms with Crippen LogP contribution in [-0.4, -0.2) is 40.8 Å². The number of carbonyl (C=O) groups is 1. The van der Waals surface area contributed by atoms with Crippen LogP contribution < -0.4 is 14.8 Å². The molecule has 1 aromatic rings. The van der Waals surface area contributed by atoms with Gasteiger partial charge in [-0.2, -0.15) is 0 Å². The molecule has 0 aliphatic carbocycles. The summed E-state index contributed by atoms with van der Waals surface area (Å²) in [6, 6.07) is 5.59. The Morgan fingerprint density at radius 1 is 1.24 bits per heavy atom. The quantitative estimate of drug-likeness (QED) is 0.535. The molecule has 1 aromatic carbocycles. The first-order valence-corrected chi connectivity index (χ1v) is 9.76. The number of hydrogen-bond acceptors (Lipinski definition) is 5. The number of benzene rings is 1. The molecule has 0 aromatic heterocycles. The lowest BCUT2D eigenvalue weighted by Gasteiger charge is -2.11. The zero-order valence-corrected chi connectivity index (χ0v) is 15.9. The average Bonchev–Trinajstić information content (AvgIpc) is 2.53. The Morgan fingerprint density at radius 3 is 2.56 bits per heavy atom. The van der Waals surface area contributed by atoms with Gasteiger partial charge < -0.3 is 14.8 Å². The molecule has 6 nitrogen and oxygen atoms in total. The zero-order chi connectivity index (χ0) is 18.9. The Labute approximate surface area is 149 Å². The van der Waals surface area contributed by atoms with Gasteiger partial charge in [0.1, 0.15) is 6.61 Å². The molecule has 0 saturated carbocycles. The number of rotatable bonds is 9. The lowest BCUT2D eigenvalue weighted by molar-refractivity contribution is -0.116. The highest BCUT2D eigenvalue weighted by molar-refractivity contribution is 7.93. The van der Waals surface area contributed by atoms with E-state index in [1.165, 1.54) is 5.57 Å². The Balaban J connectivity index is 2.58. The molecule has 0 aliphatic heterocycles. The molecule has 0 atom stereocenters. The highest BCUT2D eigenvalue weighted by atomic mass is 32.2. The summed E-state index contributed by atoms with van der Waals surface area (Å²) in [5, 5.41) is 3.51. The summed E-state index contributed by atoms with van der Waals surface area (Å²) in [4.78, 5) is 11.5. The molecule has 1 N–H and O–H groups in total. The van der Waals surface area contributed by atoms with Crippen LogP contribution in [0.4, 0.5) is 0 Å². The number of amides is 1. The smallest absolute Gasteiger partial charge is 0.244 e. The molecule has 0 aliphatic rings. The van der Waals surface area contributed by atoms with E-state index in [0.717, 1.165) is 23.3 Å². The van der Waals surface area contributed by atoms with Crippen LogP contribution in [0.2, 0.25) is 0 Å². The second-order valence-corrected chi connectivity index (χ2v) is 7.68. The Hall–Kier alpha value is -2.28. The van der Waals surface area contributed by atoms with E-state index < -0.39 is 15.7 Å². The van der Waals surface area contributed by atoms with E-state index in [0.29, 0.717) is 31.1 Å². The van der Waals surface area contributed by atoms with E-state index in [1.807, 2.05) is 38.1 Å². The van der Waals surface area contributed by atoms with E-state index >= 15 is 0 Å². The van der Waals surface area contributed by atoms with Crippen molar-refractivity contribution in [3.8, 4) is 11.5 Å². The summed E-state index contributed by atoms with van der Waals surface area (Å²) >= 11 is 0. The average molecular weight is 367 g/mol. The normalized spacial score (nSPS) is 11.2. The van der Waals surface area contributed by atoms with E-state index in [-0.39, 0.29) is 0 Å². The van der Waals surface area contributed by atoms with E-state index in [2.05, 4.69) is 5.32 Å². The van der Waals surface area contributed by atoms with Crippen LogP contribution in [0.25, 0.3) is 0 Å². The van der Waals surface area contributed by atoms with Gasteiger partial charge in [0.2, 0.25) is 5.91 Å². The molecule has 1 rings (SSSR count). The van der Waals surface area contributed by atoms with Crippen molar-refractivity contribution in [3.05, 3.63) is 46.9 Å². The minimum atomic E-state index is -3.30. The third-order valence-corrected chi connectivity index (χ3v) is 3.77. The molecule has 0 bridgehead atoms. The van der Waals surface area contributed by atoms with Crippen molar-refractivity contribution in [1.82, 2.24) is 5.32 Å². The minimum Gasteiger partial charge on any atom is -0.493 e. The zero-order valence-electron chi connectivity index (χ0n) is 15.0. The van der Waals surface area contributed by atoms with E-state index in [4.69, 9.17) is 9.47 Å². The predicted octanol–water partition coefficient (Wildman–Crippen LogP) is 2.26. The molecule has 0 heterocycles. The van der Waals surface area contributed by atoms with E-state index in [9.17, 15) is 13.2 Å². The minimum absolute atomic E-state index is 0.383. The van der Waals surface area contributed by atoms with Crippen LogP contribution in [0.5, 0.6) is 11.5 Å². The van der Waals surface area contributed by atoms with Gasteiger partial charge in [0.05, 0.1) is 7.11 Å². The van der Waals surface area contributed by atoms with Gasteiger partial charge in [0.15, 0.2) is 21.3 Å². The fraction of sp³-hybridized carbons (Fsp3) is 0.389. The molecule has 25 heavy (non-hydrogen) atoms. The second kappa shape index (κ2) is 9.88. The molecule has 0 spiro atoms. The van der Waals surface area contributed by atoms with E-state index in [1.54, 1.807) is 7.11 Å². The highest BCUT2D eigenvalue weighted by Gasteiger charge is 2.06. The number of allylic oxidation sites excluding steroid dienone is 1. The summed E-state index contributed by atoms with van der Waals surface area (Å²) in [6.45, 7) is 4.86. The molecule has 138 valence electrons. The van der Waals surface area contributed by atoms with Crippen LogP contribution in [0, 0.1) is 0 Å². The first kappa shape index (κ1) is 20.8. The van der Waals surface area contributed by atoms with Crippen LogP contribution in [0.1, 0.15) is 19.4 Å². The number of hydrogen-bond donors (Lipinski definition) is 1. The first-order chi connectivity index (χ1) is 11.7. The molecule has 0 radical (unpaired) electrons. The number of nitrogens with one attached hydrogen (secondary N) is 1. The highest BCUT2D eigenvalue weighted by Crippen LogP contribution is 2.28. The van der Waals surface area contributed by atoms with Crippen molar-refractivity contribution in [1.29, 1.82) is 0 Å². The van der Waals surface area contributed by atoms with Crippen molar-refractivity contribution in [2.45, 2.75) is 20.3 Å². The molecule has 0 saturated heterocycles. The molecular weight excluding hydrogens is 342 g/mol. The molecule has 0 unspecified atom stereocenters. The number of methoxy groups -OCH3 is 1. The van der Waals surface area contributed by atoms with Crippen molar-refractivity contribution in [2.24, 2.45) is 0 Å². The van der Waals surface area contributed by atoms with Gasteiger partial charge in [0.25, 0.3) is 0 Å². The Bertz CT molecular complexity index is 747. The number of ether oxygens (including phenoxy) is 2. The fourth-order valence-corrected chi connectivity index (χ4v) is 2.23. The maximum Gasteiger partial charge on any atom is 0.244 e. The fourth-order valence-electron chi connectivity index (χ4n) is 1.86. The lowest BCUT2D eigenvalue weighted by Crippen LogP contribution is -2.23. The second-order valence-electron chi connectivity index (χ2n) is 5.75. The van der Waals surface area contributed by atoms with Crippen molar-refractivity contribution in [3.63, 3.8) is 0 Å².